The van der Waals surface area contributed by atoms with Crippen molar-refractivity contribution in [2.24, 2.45) is 0 Å². The second kappa shape index (κ2) is 6.63. The minimum Gasteiger partial charge on any atom is -0.492 e. The van der Waals surface area contributed by atoms with Crippen LogP contribution in [0.1, 0.15) is 0 Å². The van der Waals surface area contributed by atoms with Gasteiger partial charge in [0.25, 0.3) is 0 Å². The molecule has 14 heteroatoms. The number of halogens is 12. The van der Waals surface area contributed by atoms with E-state index < -0.39 is 47.4 Å². The summed E-state index contributed by atoms with van der Waals surface area (Å²) in [7, 11) is -0.161. The van der Waals surface area contributed by atoms with E-state index in [0.29, 0.717) is 0 Å². The molecule has 0 aliphatic heterocycles. The molecule has 0 aliphatic carbocycles. The molecule has 0 spiro atoms. The molecule has 0 N–H and O–H groups in total. The predicted molar refractivity (Wildman–Crippen MR) is 52.3 cm³/mol. The normalized spacial score (nSPS) is 16.4. The third-order valence-corrected chi connectivity index (χ3v) is 2.19. The third-order valence-electron chi connectivity index (χ3n) is 2.19. The fraction of sp³-hybridized carbons (Fsp3) is 0.600. The molecule has 0 heterocycles. The molecule has 0 aromatic carbocycles. The highest BCUT2D eigenvalue weighted by Crippen LogP contribution is 2.48. The van der Waals surface area contributed by atoms with E-state index in [-0.39, 0.29) is 14.2 Å². The second-order valence-electron chi connectivity index (χ2n) is 3.81. The van der Waals surface area contributed by atoms with Crippen LogP contribution >= 0.6 is 0 Å². The van der Waals surface area contributed by atoms with Crippen LogP contribution in [0.15, 0.2) is 22.7 Å². The first-order valence-corrected chi connectivity index (χ1v) is 5.24. The number of ether oxygens (including phenoxy) is 2. The topological polar surface area (TPSA) is 18.5 Å². The smallest absolute Gasteiger partial charge is 0.449 e. The molecule has 0 bridgehead atoms. The van der Waals surface area contributed by atoms with Crippen molar-refractivity contribution in [1.82, 2.24) is 0 Å². The lowest BCUT2D eigenvalue weighted by molar-refractivity contribution is -0.159. The zero-order valence-electron chi connectivity index (χ0n) is 11.4. The van der Waals surface area contributed by atoms with Crippen molar-refractivity contribution in [3.63, 3.8) is 0 Å². The Morgan fingerprint density at radius 3 is 0.750 bits per heavy atom. The lowest BCUT2D eigenvalue weighted by Gasteiger charge is -2.25. The van der Waals surface area contributed by atoms with Gasteiger partial charge < -0.3 is 9.47 Å². The number of hydrogen-bond acceptors (Lipinski definition) is 2. The number of methoxy groups -OCH3 is 2. The quantitative estimate of drug-likeness (QED) is 0.385. The van der Waals surface area contributed by atoms with Gasteiger partial charge in [-0.1, -0.05) is 0 Å². The first kappa shape index (κ1) is 22.2. The van der Waals surface area contributed by atoms with E-state index >= 15 is 0 Å². The van der Waals surface area contributed by atoms with Crippen molar-refractivity contribution in [1.29, 1.82) is 0 Å². The van der Waals surface area contributed by atoms with Crippen molar-refractivity contribution >= 4 is 0 Å². The molecule has 0 rings (SSSR count). The monoisotopic (exact) mass is 386 g/mol. The summed E-state index contributed by atoms with van der Waals surface area (Å²) in [5.74, 6) is -6.61. The Balaban J connectivity index is 7.31. The fourth-order valence-corrected chi connectivity index (χ4v) is 1.49. The summed E-state index contributed by atoms with van der Waals surface area (Å²) < 4.78 is 158. The Morgan fingerprint density at radius 2 is 0.667 bits per heavy atom. The molecule has 0 aromatic heterocycles. The Labute approximate surface area is 125 Å². The van der Waals surface area contributed by atoms with Gasteiger partial charge >= 0.3 is 24.7 Å². The highest BCUT2D eigenvalue weighted by molar-refractivity contribution is 5.44. The zero-order valence-corrected chi connectivity index (χ0v) is 11.4. The maximum Gasteiger partial charge on any atom is 0.449 e. The average molecular weight is 386 g/mol. The average Bonchev–Trinajstić information content (AvgIpc) is 2.27. The van der Waals surface area contributed by atoms with Crippen LogP contribution in [0.5, 0.6) is 0 Å². The minimum absolute atomic E-state index is 0.0807. The summed E-state index contributed by atoms with van der Waals surface area (Å²) in [6, 6.07) is 0. The van der Waals surface area contributed by atoms with Crippen molar-refractivity contribution in [3.8, 4) is 0 Å². The minimum atomic E-state index is -6.50. The van der Waals surface area contributed by atoms with E-state index in [4.69, 9.17) is 0 Å². The van der Waals surface area contributed by atoms with Gasteiger partial charge in [0, 0.05) is 0 Å². The van der Waals surface area contributed by atoms with Gasteiger partial charge in [0.05, 0.1) is 14.2 Å². The first-order valence-electron chi connectivity index (χ1n) is 5.24. The molecule has 0 fully saturated rings. The van der Waals surface area contributed by atoms with Crippen LogP contribution in [-0.2, 0) is 9.47 Å². The van der Waals surface area contributed by atoms with Gasteiger partial charge in [-0.2, -0.15) is 52.7 Å². The third kappa shape index (κ3) is 5.12. The number of alkyl halides is 12. The van der Waals surface area contributed by atoms with Gasteiger partial charge in [0.15, 0.2) is 0 Å². The van der Waals surface area contributed by atoms with Gasteiger partial charge in [0.1, 0.15) is 11.1 Å². The van der Waals surface area contributed by atoms with E-state index in [1.165, 1.54) is 0 Å². The van der Waals surface area contributed by atoms with Gasteiger partial charge in [-0.05, 0) is 0 Å². The first-order chi connectivity index (χ1) is 10.4. The molecule has 24 heavy (non-hydrogen) atoms. The molecule has 2 nitrogen and oxygen atoms in total. The molecule has 142 valence electrons. The van der Waals surface area contributed by atoms with Crippen LogP contribution < -0.4 is 0 Å². The van der Waals surface area contributed by atoms with E-state index in [1.807, 2.05) is 0 Å². The maximum absolute atomic E-state index is 12.8. The Bertz CT molecular complexity index is 466. The van der Waals surface area contributed by atoms with E-state index in [9.17, 15) is 52.7 Å². The van der Waals surface area contributed by atoms with Crippen molar-refractivity contribution in [3.05, 3.63) is 22.7 Å². The summed E-state index contributed by atoms with van der Waals surface area (Å²) in [5.41, 5.74) is -7.42. The van der Waals surface area contributed by atoms with Gasteiger partial charge in [-0.3, -0.25) is 0 Å². The molecular weight excluding hydrogens is 380 g/mol. The molecule has 0 saturated heterocycles. The Morgan fingerprint density at radius 1 is 0.458 bits per heavy atom. The molecule has 0 aliphatic rings. The van der Waals surface area contributed by atoms with Crippen LogP contribution in [0.4, 0.5) is 52.7 Å². The van der Waals surface area contributed by atoms with Crippen LogP contribution in [0, 0.1) is 0 Å². The number of allylic oxidation sites excluding steroid dienone is 4. The summed E-state index contributed by atoms with van der Waals surface area (Å²) in [5, 5.41) is 0. The number of hydrogen-bond donors (Lipinski definition) is 0. The van der Waals surface area contributed by atoms with Crippen molar-refractivity contribution in [2.75, 3.05) is 14.2 Å². The van der Waals surface area contributed by atoms with Gasteiger partial charge in [-0.25, -0.2) is 0 Å². The van der Waals surface area contributed by atoms with Crippen LogP contribution in [-0.4, -0.2) is 38.9 Å². The summed E-state index contributed by atoms with van der Waals surface area (Å²) in [4.78, 5) is 0. The van der Waals surface area contributed by atoms with E-state index in [2.05, 4.69) is 9.47 Å². The van der Waals surface area contributed by atoms with Crippen molar-refractivity contribution < 1.29 is 62.2 Å². The molecule has 0 atom stereocenters. The molecule has 0 unspecified atom stereocenters. The highest BCUT2D eigenvalue weighted by Gasteiger charge is 2.58. The summed E-state index contributed by atoms with van der Waals surface area (Å²) in [6.45, 7) is 0. The van der Waals surface area contributed by atoms with Crippen LogP contribution in [0.25, 0.3) is 0 Å². The zero-order chi connectivity index (χ0) is 19.7. The molecule has 0 saturated carbocycles. The standard InChI is InChI=1S/C10H6F12O2/c1-23-5(9(17,18)19)3(7(11,12)13)4(8(14,15)16)6(24-2)10(20,21)22/h1-2H3/b5-3+,6-4+. The van der Waals surface area contributed by atoms with Crippen molar-refractivity contribution in [2.45, 2.75) is 24.7 Å². The SMILES string of the molecule is CO/C(=C(\C(=C(/OC)C(F)(F)F)C(F)(F)F)C(F)(F)F)C(F)(F)F. The Kier molecular flexibility index (Phi) is 6.14. The van der Waals surface area contributed by atoms with Gasteiger partial charge in [-0.15, -0.1) is 0 Å². The van der Waals surface area contributed by atoms with E-state index in [0.717, 1.165) is 0 Å². The maximum atomic E-state index is 12.8. The largest absolute Gasteiger partial charge is 0.492 e. The summed E-state index contributed by atoms with van der Waals surface area (Å²) in [6.07, 6.45) is -25.3. The van der Waals surface area contributed by atoms with Crippen LogP contribution in [0.2, 0.25) is 0 Å². The summed E-state index contributed by atoms with van der Waals surface area (Å²) >= 11 is 0. The second-order valence-corrected chi connectivity index (χ2v) is 3.81. The van der Waals surface area contributed by atoms with Gasteiger partial charge in [0.2, 0.25) is 11.5 Å². The molecule has 0 radical (unpaired) electrons. The lowest BCUT2D eigenvalue weighted by atomic mass is 10.0. The van der Waals surface area contributed by atoms with Crippen LogP contribution in [0.3, 0.4) is 0 Å². The Hall–Kier alpha value is -1.76. The van der Waals surface area contributed by atoms with E-state index in [1.54, 1.807) is 0 Å². The molecule has 0 amide bonds. The molecule has 0 aromatic rings. The lowest BCUT2D eigenvalue weighted by Crippen LogP contribution is -2.33. The highest BCUT2D eigenvalue weighted by atomic mass is 19.4. The fourth-order valence-electron chi connectivity index (χ4n) is 1.49. The molecular formula is C10H6F12O2. The number of rotatable bonds is 3. The predicted octanol–water partition coefficient (Wildman–Crippen LogP) is 5.04.